The van der Waals surface area contributed by atoms with E-state index in [1.54, 1.807) is 30.5 Å². The lowest BCUT2D eigenvalue weighted by Crippen LogP contribution is -2.29. The number of halogens is 2. The van der Waals surface area contributed by atoms with Crippen molar-refractivity contribution in [1.29, 1.82) is 0 Å². The van der Waals surface area contributed by atoms with Crippen molar-refractivity contribution in [3.05, 3.63) is 94.2 Å². The van der Waals surface area contributed by atoms with Gasteiger partial charge >= 0.3 is 0 Å². The molecule has 0 atom stereocenters. The zero-order valence-corrected chi connectivity index (χ0v) is 17.8. The van der Waals surface area contributed by atoms with Gasteiger partial charge in [-0.25, -0.2) is 13.1 Å². The number of nitrogens with zero attached hydrogens (tertiary/aromatic N) is 1. The summed E-state index contributed by atoms with van der Waals surface area (Å²) in [4.78, 5) is 15.9. The van der Waals surface area contributed by atoms with E-state index in [9.17, 15) is 13.2 Å². The Kier molecular flexibility index (Phi) is 7.10. The fourth-order valence-electron chi connectivity index (χ4n) is 2.39. The predicted molar refractivity (Wildman–Crippen MR) is 116 cm³/mol. The maximum Gasteiger partial charge on any atom is 0.265 e. The van der Waals surface area contributed by atoms with Crippen molar-refractivity contribution in [1.82, 2.24) is 9.71 Å². The molecule has 30 heavy (non-hydrogen) atoms. The summed E-state index contributed by atoms with van der Waals surface area (Å²) in [5.41, 5.74) is 1.49. The Morgan fingerprint density at radius 1 is 1.07 bits per heavy atom. The minimum absolute atomic E-state index is 0.0371. The summed E-state index contributed by atoms with van der Waals surface area (Å²) >= 11 is 11.7. The number of amides is 1. The van der Waals surface area contributed by atoms with E-state index in [1.165, 1.54) is 24.3 Å². The third-order valence-electron chi connectivity index (χ3n) is 3.84. The second kappa shape index (κ2) is 9.75. The van der Waals surface area contributed by atoms with Gasteiger partial charge in [0.25, 0.3) is 15.9 Å². The van der Waals surface area contributed by atoms with Gasteiger partial charge in [0.15, 0.2) is 0 Å². The third-order valence-corrected chi connectivity index (χ3v) is 5.90. The Labute approximate surface area is 184 Å². The smallest absolute Gasteiger partial charge is 0.265 e. The molecule has 1 amide bonds. The van der Waals surface area contributed by atoms with Gasteiger partial charge in [0.1, 0.15) is 17.3 Å². The zero-order valence-electron chi connectivity index (χ0n) is 15.5. The largest absolute Gasteiger partial charge is 0.487 e. The number of rotatable bonds is 7. The highest BCUT2D eigenvalue weighted by Gasteiger charge is 2.20. The zero-order chi connectivity index (χ0) is 21.6. The van der Waals surface area contributed by atoms with Crippen LogP contribution in [-0.4, -0.2) is 19.3 Å². The SMILES string of the molecule is O=C(C=Cc1ccc(OCc2ccccn2)cc1)NS(=O)(=O)c1cc(Cl)ccc1Cl. The molecule has 1 N–H and O–H groups in total. The van der Waals surface area contributed by atoms with Gasteiger partial charge in [-0.05, 0) is 54.1 Å². The minimum Gasteiger partial charge on any atom is -0.487 e. The van der Waals surface area contributed by atoms with E-state index in [1.807, 2.05) is 22.9 Å². The average molecular weight is 463 g/mol. The van der Waals surface area contributed by atoms with Crippen molar-refractivity contribution in [2.45, 2.75) is 11.5 Å². The van der Waals surface area contributed by atoms with E-state index in [-0.39, 0.29) is 14.9 Å². The lowest BCUT2D eigenvalue weighted by atomic mass is 10.2. The number of nitrogens with one attached hydrogen (secondary N) is 1. The van der Waals surface area contributed by atoms with E-state index in [4.69, 9.17) is 27.9 Å². The third kappa shape index (κ3) is 6.06. The summed E-state index contributed by atoms with van der Waals surface area (Å²) < 4.78 is 32.2. The quantitative estimate of drug-likeness (QED) is 0.522. The molecule has 0 aliphatic heterocycles. The Hall–Kier alpha value is -2.87. The van der Waals surface area contributed by atoms with Crippen molar-refractivity contribution >= 4 is 45.2 Å². The molecule has 6 nitrogen and oxygen atoms in total. The number of carbonyl (C=O) groups is 1. The molecule has 154 valence electrons. The number of aromatic nitrogens is 1. The van der Waals surface area contributed by atoms with Crippen LogP contribution in [0.1, 0.15) is 11.3 Å². The van der Waals surface area contributed by atoms with Crippen LogP contribution in [0.2, 0.25) is 10.0 Å². The van der Waals surface area contributed by atoms with Gasteiger partial charge < -0.3 is 4.74 Å². The summed E-state index contributed by atoms with van der Waals surface area (Å²) in [6, 6.07) is 16.5. The predicted octanol–water partition coefficient (Wildman–Crippen LogP) is 4.49. The molecular formula is C21H16Cl2N2O4S. The molecule has 0 bridgehead atoms. The van der Waals surface area contributed by atoms with Crippen LogP contribution in [0, 0.1) is 0 Å². The van der Waals surface area contributed by atoms with E-state index >= 15 is 0 Å². The monoisotopic (exact) mass is 462 g/mol. The first kappa shape index (κ1) is 21.8. The topological polar surface area (TPSA) is 85.4 Å². The van der Waals surface area contributed by atoms with E-state index in [2.05, 4.69) is 4.98 Å². The molecule has 9 heteroatoms. The second-order valence-corrected chi connectivity index (χ2v) is 8.55. The van der Waals surface area contributed by atoms with Gasteiger partial charge in [-0.3, -0.25) is 9.78 Å². The highest BCUT2D eigenvalue weighted by atomic mass is 35.5. The van der Waals surface area contributed by atoms with Crippen molar-refractivity contribution in [2.75, 3.05) is 0 Å². The number of hydrogen-bond acceptors (Lipinski definition) is 5. The summed E-state index contributed by atoms with van der Waals surface area (Å²) in [7, 11) is -4.15. The number of pyridine rings is 1. The van der Waals surface area contributed by atoms with E-state index < -0.39 is 15.9 Å². The number of hydrogen-bond donors (Lipinski definition) is 1. The van der Waals surface area contributed by atoms with Gasteiger partial charge in [0.2, 0.25) is 0 Å². The van der Waals surface area contributed by atoms with Crippen molar-refractivity contribution in [2.24, 2.45) is 0 Å². The standard InChI is InChI=1S/C21H16Cl2N2O4S/c22-16-7-10-19(23)20(13-16)30(27,28)25-21(26)11-6-15-4-8-18(9-5-15)29-14-17-3-1-2-12-24-17/h1-13H,14H2,(H,25,26). The maximum absolute atomic E-state index is 12.3. The van der Waals surface area contributed by atoms with Gasteiger partial charge in [0.05, 0.1) is 10.7 Å². The fraction of sp³-hybridized carbons (Fsp3) is 0.0476. The van der Waals surface area contributed by atoms with E-state index in [0.717, 1.165) is 11.8 Å². The summed E-state index contributed by atoms with van der Waals surface area (Å²) in [5.74, 6) is -0.179. The van der Waals surface area contributed by atoms with Crippen LogP contribution < -0.4 is 9.46 Å². The first-order valence-electron chi connectivity index (χ1n) is 8.66. The molecule has 3 aromatic rings. The Morgan fingerprint density at radius 2 is 1.83 bits per heavy atom. The van der Waals surface area contributed by atoms with Crippen molar-refractivity contribution < 1.29 is 17.9 Å². The molecular weight excluding hydrogens is 447 g/mol. The molecule has 2 aromatic carbocycles. The minimum atomic E-state index is -4.15. The van der Waals surface area contributed by atoms with Crippen LogP contribution in [0.25, 0.3) is 6.08 Å². The first-order valence-corrected chi connectivity index (χ1v) is 10.9. The molecule has 0 aliphatic rings. The lowest BCUT2D eigenvalue weighted by Gasteiger charge is -2.07. The average Bonchev–Trinajstić information content (AvgIpc) is 2.73. The molecule has 1 heterocycles. The fourth-order valence-corrected chi connectivity index (χ4v) is 4.10. The molecule has 0 saturated carbocycles. The molecule has 0 aliphatic carbocycles. The molecule has 0 saturated heterocycles. The van der Waals surface area contributed by atoms with Crippen LogP contribution in [0.3, 0.4) is 0 Å². The van der Waals surface area contributed by atoms with E-state index in [0.29, 0.717) is 17.9 Å². The van der Waals surface area contributed by atoms with Crippen LogP contribution in [0.5, 0.6) is 5.75 Å². The van der Waals surface area contributed by atoms with Crippen LogP contribution in [0.4, 0.5) is 0 Å². The van der Waals surface area contributed by atoms with Crippen LogP contribution >= 0.6 is 23.2 Å². The van der Waals surface area contributed by atoms with Gasteiger partial charge in [-0.15, -0.1) is 0 Å². The second-order valence-electron chi connectivity index (χ2n) is 6.06. The Morgan fingerprint density at radius 3 is 2.53 bits per heavy atom. The van der Waals surface area contributed by atoms with Gasteiger partial charge in [-0.2, -0.15) is 0 Å². The normalized spacial score (nSPS) is 11.4. The van der Waals surface area contributed by atoms with Crippen molar-refractivity contribution in [3.63, 3.8) is 0 Å². The highest BCUT2D eigenvalue weighted by molar-refractivity contribution is 7.90. The molecule has 0 radical (unpaired) electrons. The van der Waals surface area contributed by atoms with Crippen molar-refractivity contribution in [3.8, 4) is 5.75 Å². The molecule has 3 rings (SSSR count). The van der Waals surface area contributed by atoms with Crippen LogP contribution in [-0.2, 0) is 21.4 Å². The first-order chi connectivity index (χ1) is 14.3. The maximum atomic E-state index is 12.3. The number of sulfonamides is 1. The number of benzene rings is 2. The molecule has 0 unspecified atom stereocenters. The number of carbonyl (C=O) groups excluding carboxylic acids is 1. The Balaban J connectivity index is 1.60. The summed E-state index contributed by atoms with van der Waals surface area (Å²) in [5, 5.41) is 0.151. The van der Waals surface area contributed by atoms with Crippen LogP contribution in [0.15, 0.2) is 77.8 Å². The number of ether oxygens (including phenoxy) is 1. The Bertz CT molecular complexity index is 1170. The van der Waals surface area contributed by atoms with Gasteiger partial charge in [0, 0.05) is 17.3 Å². The summed E-state index contributed by atoms with van der Waals surface area (Å²) in [6.07, 6.45) is 4.28. The lowest BCUT2D eigenvalue weighted by molar-refractivity contribution is -0.114. The summed E-state index contributed by atoms with van der Waals surface area (Å²) in [6.45, 7) is 0.336. The molecule has 1 aromatic heterocycles. The van der Waals surface area contributed by atoms with Gasteiger partial charge in [-0.1, -0.05) is 41.4 Å². The molecule has 0 spiro atoms. The highest BCUT2D eigenvalue weighted by Crippen LogP contribution is 2.24. The molecule has 0 fully saturated rings.